The first-order valence-corrected chi connectivity index (χ1v) is 5.85. The number of benzene rings is 1. The average molecular weight is 263 g/mol. The molecule has 2 aromatic heterocycles. The normalized spacial score (nSPS) is 11.3. The van der Waals surface area contributed by atoms with Gasteiger partial charge in [0.05, 0.1) is 17.1 Å². The molecule has 1 aromatic carbocycles. The molecular weight excluding hydrogens is 252 g/mol. The Morgan fingerprint density at radius 2 is 2.28 bits per heavy atom. The fraction of sp³-hybridized carbons (Fsp3) is 0.167. The Bertz CT molecular complexity index is 716. The molecule has 6 heteroatoms. The number of aryl methyl sites for hydroxylation is 1. The van der Waals surface area contributed by atoms with Crippen molar-refractivity contribution in [3.05, 3.63) is 35.3 Å². The van der Waals surface area contributed by atoms with Gasteiger partial charge in [-0.2, -0.15) is 4.98 Å². The van der Waals surface area contributed by atoms with Crippen molar-refractivity contribution >= 4 is 22.5 Å². The highest BCUT2D eigenvalue weighted by Gasteiger charge is 2.14. The fourth-order valence-electron chi connectivity index (χ4n) is 2.05. The third-order valence-corrected chi connectivity index (χ3v) is 3.14. The monoisotopic (exact) mass is 262 g/mol. The zero-order valence-electron chi connectivity index (χ0n) is 9.72. The molecule has 5 nitrogen and oxygen atoms in total. The highest BCUT2D eigenvalue weighted by Crippen LogP contribution is 2.32. The van der Waals surface area contributed by atoms with E-state index in [1.807, 2.05) is 36.0 Å². The van der Waals surface area contributed by atoms with E-state index in [1.54, 1.807) is 0 Å². The largest absolute Gasteiger partial charge is 0.348 e. The molecule has 0 aliphatic carbocycles. The molecule has 92 valence electrons. The summed E-state index contributed by atoms with van der Waals surface area (Å²) in [5.41, 5.74) is 7.32. The van der Waals surface area contributed by atoms with Crippen molar-refractivity contribution in [3.8, 4) is 11.4 Å². The van der Waals surface area contributed by atoms with E-state index in [-0.39, 0.29) is 6.54 Å². The van der Waals surface area contributed by atoms with Gasteiger partial charge in [-0.1, -0.05) is 28.9 Å². The second kappa shape index (κ2) is 4.12. The molecule has 0 unspecified atom stereocenters. The lowest BCUT2D eigenvalue weighted by Crippen LogP contribution is -1.96. The van der Waals surface area contributed by atoms with Gasteiger partial charge in [0.1, 0.15) is 0 Å². The van der Waals surface area contributed by atoms with Crippen LogP contribution in [0.3, 0.4) is 0 Å². The number of halogens is 1. The van der Waals surface area contributed by atoms with Crippen molar-refractivity contribution < 1.29 is 4.52 Å². The number of hydrogen-bond donors (Lipinski definition) is 1. The van der Waals surface area contributed by atoms with Crippen LogP contribution < -0.4 is 5.73 Å². The van der Waals surface area contributed by atoms with Crippen LogP contribution in [0.25, 0.3) is 22.3 Å². The van der Waals surface area contributed by atoms with Gasteiger partial charge in [0.15, 0.2) is 0 Å². The zero-order chi connectivity index (χ0) is 12.7. The summed E-state index contributed by atoms with van der Waals surface area (Å²) in [4.78, 5) is 4.24. The number of nitrogens with two attached hydrogens (primary N) is 1. The number of hydrogen-bond acceptors (Lipinski definition) is 4. The molecule has 2 heterocycles. The second-order valence-corrected chi connectivity index (χ2v) is 4.41. The average Bonchev–Trinajstić information content (AvgIpc) is 2.95. The highest BCUT2D eigenvalue weighted by molar-refractivity contribution is 6.36. The van der Waals surface area contributed by atoms with E-state index in [9.17, 15) is 0 Å². The maximum Gasteiger partial charge on any atom is 0.240 e. The Hall–Kier alpha value is -1.85. The molecule has 0 aliphatic rings. The predicted molar refractivity (Wildman–Crippen MR) is 69.1 cm³/mol. The summed E-state index contributed by atoms with van der Waals surface area (Å²) >= 11 is 6.16. The van der Waals surface area contributed by atoms with Crippen molar-refractivity contribution in [3.63, 3.8) is 0 Å². The fourth-order valence-corrected chi connectivity index (χ4v) is 2.35. The second-order valence-electron chi connectivity index (χ2n) is 4.01. The van der Waals surface area contributed by atoms with E-state index < -0.39 is 0 Å². The maximum absolute atomic E-state index is 6.16. The summed E-state index contributed by atoms with van der Waals surface area (Å²) in [6.45, 7) is 0.233. The summed E-state index contributed by atoms with van der Waals surface area (Å²) in [5, 5.41) is 5.61. The number of fused-ring (bicyclic) bond motifs is 1. The third-order valence-electron chi connectivity index (χ3n) is 2.84. The molecular formula is C12H11ClN4O. The SMILES string of the molecule is Cn1cc(Cl)c2cccc(-c3noc(CN)n3)c21. The highest BCUT2D eigenvalue weighted by atomic mass is 35.5. The van der Waals surface area contributed by atoms with Gasteiger partial charge in [0.2, 0.25) is 11.7 Å². The van der Waals surface area contributed by atoms with Crippen molar-refractivity contribution in [2.75, 3.05) is 0 Å². The first-order valence-electron chi connectivity index (χ1n) is 5.47. The van der Waals surface area contributed by atoms with E-state index >= 15 is 0 Å². The lowest BCUT2D eigenvalue weighted by atomic mass is 10.1. The maximum atomic E-state index is 6.16. The number of para-hydroxylation sites is 1. The molecule has 18 heavy (non-hydrogen) atoms. The number of nitrogens with zero attached hydrogens (tertiary/aromatic N) is 3. The predicted octanol–water partition coefficient (Wildman–Crippen LogP) is 2.34. The Labute approximate surface area is 108 Å². The van der Waals surface area contributed by atoms with Crippen LogP contribution in [0.1, 0.15) is 5.89 Å². The molecule has 0 spiro atoms. The van der Waals surface area contributed by atoms with Crippen LogP contribution in [0.2, 0.25) is 5.02 Å². The van der Waals surface area contributed by atoms with Gasteiger partial charge in [0.25, 0.3) is 0 Å². The molecule has 0 aliphatic heterocycles. The lowest BCUT2D eigenvalue weighted by molar-refractivity contribution is 0.380. The van der Waals surface area contributed by atoms with Crippen molar-refractivity contribution in [1.29, 1.82) is 0 Å². The van der Waals surface area contributed by atoms with Gasteiger partial charge >= 0.3 is 0 Å². The quantitative estimate of drug-likeness (QED) is 0.770. The van der Waals surface area contributed by atoms with Crippen LogP contribution in [0.15, 0.2) is 28.9 Å². The Kier molecular flexibility index (Phi) is 2.57. The van der Waals surface area contributed by atoms with E-state index in [1.165, 1.54) is 0 Å². The molecule has 0 radical (unpaired) electrons. The van der Waals surface area contributed by atoms with Gasteiger partial charge in [-0.15, -0.1) is 0 Å². The molecule has 0 saturated heterocycles. The van der Waals surface area contributed by atoms with Gasteiger partial charge in [-0.05, 0) is 6.07 Å². The molecule has 2 N–H and O–H groups in total. The van der Waals surface area contributed by atoms with Crippen LogP contribution in [0, 0.1) is 0 Å². The molecule has 0 amide bonds. The third kappa shape index (κ3) is 1.60. The summed E-state index contributed by atoms with van der Waals surface area (Å²) < 4.78 is 6.99. The van der Waals surface area contributed by atoms with Crippen molar-refractivity contribution in [2.45, 2.75) is 6.54 Å². The summed E-state index contributed by atoms with van der Waals surface area (Å²) in [6, 6.07) is 5.82. The van der Waals surface area contributed by atoms with Crippen molar-refractivity contribution in [1.82, 2.24) is 14.7 Å². The molecule has 3 aromatic rings. The van der Waals surface area contributed by atoms with E-state index in [0.29, 0.717) is 16.7 Å². The minimum Gasteiger partial charge on any atom is -0.348 e. The van der Waals surface area contributed by atoms with Crippen molar-refractivity contribution in [2.24, 2.45) is 12.8 Å². The van der Waals surface area contributed by atoms with Crippen LogP contribution in [-0.2, 0) is 13.6 Å². The molecule has 0 saturated carbocycles. The topological polar surface area (TPSA) is 69.9 Å². The van der Waals surface area contributed by atoms with Gasteiger partial charge in [-0.3, -0.25) is 0 Å². The van der Waals surface area contributed by atoms with Crippen LogP contribution >= 0.6 is 11.6 Å². The zero-order valence-corrected chi connectivity index (χ0v) is 10.5. The Balaban J connectivity index is 2.28. The summed E-state index contributed by atoms with van der Waals surface area (Å²) in [5.74, 6) is 0.946. The Morgan fingerprint density at radius 1 is 1.44 bits per heavy atom. The lowest BCUT2D eigenvalue weighted by Gasteiger charge is -2.01. The first kappa shape index (κ1) is 11.3. The molecule has 0 atom stereocenters. The van der Waals surface area contributed by atoms with Gasteiger partial charge in [0, 0.05) is 24.2 Å². The van der Waals surface area contributed by atoms with E-state index in [0.717, 1.165) is 16.5 Å². The van der Waals surface area contributed by atoms with E-state index in [4.69, 9.17) is 21.9 Å². The molecule has 0 fully saturated rings. The molecule has 0 bridgehead atoms. The summed E-state index contributed by atoms with van der Waals surface area (Å²) in [6.07, 6.45) is 1.86. The van der Waals surface area contributed by atoms with Gasteiger partial charge in [-0.25, -0.2) is 0 Å². The Morgan fingerprint density at radius 3 is 3.00 bits per heavy atom. The minimum atomic E-state index is 0.233. The molecule has 3 rings (SSSR count). The van der Waals surface area contributed by atoms with Crippen LogP contribution in [-0.4, -0.2) is 14.7 Å². The van der Waals surface area contributed by atoms with Gasteiger partial charge < -0.3 is 14.8 Å². The van der Waals surface area contributed by atoms with E-state index in [2.05, 4.69) is 10.1 Å². The number of rotatable bonds is 2. The standard InChI is InChI=1S/C12H11ClN4O/c1-17-6-9(13)7-3-2-4-8(11(7)17)12-15-10(5-14)18-16-12/h2-4,6H,5,14H2,1H3. The number of aromatic nitrogens is 3. The van der Waals surface area contributed by atoms with Crippen LogP contribution in [0.4, 0.5) is 0 Å². The first-order chi connectivity index (χ1) is 8.70. The summed E-state index contributed by atoms with van der Waals surface area (Å²) in [7, 11) is 1.93. The van der Waals surface area contributed by atoms with Crippen LogP contribution in [0.5, 0.6) is 0 Å². The minimum absolute atomic E-state index is 0.233. The smallest absolute Gasteiger partial charge is 0.240 e.